The molecule has 0 aliphatic heterocycles. The number of amides is 1. The maximum Gasteiger partial charge on any atom is 0.250 e. The van der Waals surface area contributed by atoms with Gasteiger partial charge in [-0.25, -0.2) is 0 Å². The first-order valence-electron chi connectivity index (χ1n) is 10.7. The molecule has 1 fully saturated rings. The van der Waals surface area contributed by atoms with Crippen LogP contribution in [0.25, 0.3) is 5.69 Å². The van der Waals surface area contributed by atoms with E-state index in [1.807, 2.05) is 25.3 Å². The quantitative estimate of drug-likeness (QED) is 0.784. The van der Waals surface area contributed by atoms with E-state index < -0.39 is 5.91 Å². The van der Waals surface area contributed by atoms with Gasteiger partial charge in [0, 0.05) is 41.3 Å². The summed E-state index contributed by atoms with van der Waals surface area (Å²) in [5, 5.41) is 3.57. The van der Waals surface area contributed by atoms with Crippen LogP contribution in [0.15, 0.2) is 24.4 Å². The Morgan fingerprint density at radius 2 is 1.90 bits per heavy atom. The Morgan fingerprint density at radius 1 is 1.17 bits per heavy atom. The molecule has 1 saturated carbocycles. The van der Waals surface area contributed by atoms with E-state index in [1.165, 1.54) is 19.3 Å². The van der Waals surface area contributed by atoms with Crippen molar-refractivity contribution in [1.82, 2.24) is 4.57 Å². The number of hydrogen-bond acceptors (Lipinski definition) is 3. The van der Waals surface area contributed by atoms with Crippen LogP contribution in [0.3, 0.4) is 0 Å². The number of aromatic nitrogens is 1. The lowest BCUT2D eigenvalue weighted by Gasteiger charge is -2.30. The number of Topliss-reactive ketones (excluding diaryl/α,β-unsaturated/α-hetero) is 1. The van der Waals surface area contributed by atoms with Gasteiger partial charge in [0.25, 0.3) is 5.91 Å². The van der Waals surface area contributed by atoms with Crippen LogP contribution in [0, 0.1) is 12.3 Å². The zero-order valence-corrected chi connectivity index (χ0v) is 17.7. The number of aryl methyl sites for hydroxylation is 1. The van der Waals surface area contributed by atoms with Crippen LogP contribution in [0.1, 0.15) is 84.3 Å². The summed E-state index contributed by atoms with van der Waals surface area (Å²) in [5.41, 5.74) is 10.8. The van der Waals surface area contributed by atoms with Crippen LogP contribution in [0.5, 0.6) is 0 Å². The Bertz CT molecular complexity index is 965. The summed E-state index contributed by atoms with van der Waals surface area (Å²) in [6.45, 7) is 6.30. The lowest BCUT2D eigenvalue weighted by Crippen LogP contribution is -2.28. The third kappa shape index (κ3) is 3.83. The number of nitrogens with zero attached hydrogens (tertiary/aromatic N) is 1. The molecule has 3 N–H and O–H groups in total. The van der Waals surface area contributed by atoms with E-state index in [4.69, 9.17) is 5.73 Å². The third-order valence-electron chi connectivity index (χ3n) is 6.37. The number of nitrogens with two attached hydrogens (primary N) is 1. The fourth-order valence-corrected chi connectivity index (χ4v) is 4.99. The Hall–Kier alpha value is -2.56. The highest BCUT2D eigenvalue weighted by atomic mass is 16.1. The second-order valence-corrected chi connectivity index (χ2v) is 9.52. The van der Waals surface area contributed by atoms with Crippen LogP contribution in [0.2, 0.25) is 0 Å². The molecule has 1 heterocycles. The molecule has 0 saturated heterocycles. The minimum absolute atomic E-state index is 0.0526. The van der Waals surface area contributed by atoms with Crippen LogP contribution in [-0.4, -0.2) is 22.3 Å². The number of carbonyl (C=O) groups excluding carboxylic acids is 2. The van der Waals surface area contributed by atoms with Gasteiger partial charge >= 0.3 is 0 Å². The lowest BCUT2D eigenvalue weighted by molar-refractivity contribution is 0.0909. The Labute approximate surface area is 172 Å². The van der Waals surface area contributed by atoms with Crippen molar-refractivity contribution in [3.63, 3.8) is 0 Å². The van der Waals surface area contributed by atoms with Crippen molar-refractivity contribution in [3.8, 4) is 5.69 Å². The lowest BCUT2D eigenvalue weighted by atomic mass is 9.75. The van der Waals surface area contributed by atoms with E-state index in [0.717, 1.165) is 47.5 Å². The molecule has 1 amide bonds. The number of nitrogens with one attached hydrogen (secondary N) is 1. The molecular formula is C24H31N3O2. The van der Waals surface area contributed by atoms with Crippen molar-refractivity contribution in [2.24, 2.45) is 11.1 Å². The summed E-state index contributed by atoms with van der Waals surface area (Å²) in [5.74, 6) is -0.196. The number of hydrogen-bond donors (Lipinski definition) is 2. The van der Waals surface area contributed by atoms with E-state index in [-0.39, 0.29) is 11.2 Å². The molecular weight excluding hydrogens is 362 g/mol. The van der Waals surface area contributed by atoms with E-state index in [2.05, 4.69) is 23.7 Å². The Kier molecular flexibility index (Phi) is 5.01. The number of primary amides is 1. The normalized spacial score (nSPS) is 19.1. The highest BCUT2D eigenvalue weighted by Crippen LogP contribution is 2.38. The third-order valence-corrected chi connectivity index (χ3v) is 6.37. The fourth-order valence-electron chi connectivity index (χ4n) is 4.99. The maximum atomic E-state index is 12.8. The predicted molar refractivity (Wildman–Crippen MR) is 116 cm³/mol. The number of ketones is 1. The van der Waals surface area contributed by atoms with Gasteiger partial charge < -0.3 is 15.6 Å². The maximum absolute atomic E-state index is 12.8. The van der Waals surface area contributed by atoms with Gasteiger partial charge in [-0.15, -0.1) is 0 Å². The first-order valence-corrected chi connectivity index (χ1v) is 10.7. The fraction of sp³-hybridized carbons (Fsp3) is 0.500. The molecule has 5 heteroatoms. The first-order chi connectivity index (χ1) is 13.7. The summed E-state index contributed by atoms with van der Waals surface area (Å²) in [6.07, 6.45) is 9.42. The highest BCUT2D eigenvalue weighted by molar-refractivity contribution is 6.01. The van der Waals surface area contributed by atoms with Gasteiger partial charge in [-0.05, 0) is 55.4 Å². The Morgan fingerprint density at radius 3 is 2.59 bits per heavy atom. The molecule has 0 radical (unpaired) electrons. The number of rotatable bonds is 4. The second kappa shape index (κ2) is 7.36. The van der Waals surface area contributed by atoms with Crippen molar-refractivity contribution in [2.75, 3.05) is 5.32 Å². The Balaban J connectivity index is 1.76. The van der Waals surface area contributed by atoms with Crippen LogP contribution >= 0.6 is 0 Å². The van der Waals surface area contributed by atoms with Crippen molar-refractivity contribution in [1.29, 1.82) is 0 Å². The minimum atomic E-state index is -0.420. The standard InChI is InChI=1S/C24H31N3O2/c1-15-14-27(20-12-24(2,3)13-21(28)22(15)20)17-9-10-18(23(25)29)19(11-17)26-16-7-5-4-6-8-16/h9-11,14,16,26H,4-8,12-13H2,1-3H3,(H2,25,29). The largest absolute Gasteiger partial charge is 0.382 e. The van der Waals surface area contributed by atoms with E-state index in [9.17, 15) is 9.59 Å². The zero-order valence-electron chi connectivity index (χ0n) is 17.7. The molecule has 1 aromatic heterocycles. The molecule has 154 valence electrons. The molecule has 0 bridgehead atoms. The van der Waals surface area contributed by atoms with Gasteiger partial charge in [0.15, 0.2) is 5.78 Å². The number of carbonyl (C=O) groups is 2. The highest BCUT2D eigenvalue weighted by Gasteiger charge is 2.34. The van der Waals surface area contributed by atoms with E-state index in [0.29, 0.717) is 18.0 Å². The monoisotopic (exact) mass is 393 g/mol. The SMILES string of the molecule is Cc1cn(-c2ccc(C(N)=O)c(NC3CCCCC3)c2)c2c1C(=O)CC(C)(C)C2. The average molecular weight is 394 g/mol. The summed E-state index contributed by atoms with van der Waals surface area (Å²) >= 11 is 0. The van der Waals surface area contributed by atoms with Crippen LogP contribution in [-0.2, 0) is 6.42 Å². The van der Waals surface area contributed by atoms with E-state index in [1.54, 1.807) is 6.07 Å². The molecule has 4 rings (SSSR count). The summed E-state index contributed by atoms with van der Waals surface area (Å²) in [7, 11) is 0. The van der Waals surface area contributed by atoms with Gasteiger partial charge in [-0.1, -0.05) is 33.1 Å². The van der Waals surface area contributed by atoms with Crippen LogP contribution < -0.4 is 11.1 Å². The topological polar surface area (TPSA) is 77.1 Å². The molecule has 0 atom stereocenters. The molecule has 29 heavy (non-hydrogen) atoms. The van der Waals surface area contributed by atoms with Crippen molar-refractivity contribution < 1.29 is 9.59 Å². The summed E-state index contributed by atoms with van der Waals surface area (Å²) < 4.78 is 2.13. The zero-order chi connectivity index (χ0) is 20.8. The first kappa shape index (κ1) is 19.7. The van der Waals surface area contributed by atoms with Crippen molar-refractivity contribution in [3.05, 3.63) is 46.8 Å². The molecule has 0 unspecified atom stereocenters. The molecule has 0 spiro atoms. The minimum Gasteiger partial charge on any atom is -0.382 e. The molecule has 2 aliphatic rings. The summed E-state index contributed by atoms with van der Waals surface area (Å²) in [6, 6.07) is 6.12. The number of benzene rings is 1. The molecule has 2 aliphatic carbocycles. The van der Waals surface area contributed by atoms with Gasteiger partial charge in [0.2, 0.25) is 0 Å². The molecule has 2 aromatic rings. The van der Waals surface area contributed by atoms with Gasteiger partial charge in [-0.2, -0.15) is 0 Å². The van der Waals surface area contributed by atoms with Crippen molar-refractivity contribution in [2.45, 2.75) is 71.8 Å². The van der Waals surface area contributed by atoms with Crippen molar-refractivity contribution >= 4 is 17.4 Å². The molecule has 5 nitrogen and oxygen atoms in total. The van der Waals surface area contributed by atoms with Gasteiger partial charge in [0.05, 0.1) is 5.56 Å². The smallest absolute Gasteiger partial charge is 0.250 e. The number of fused-ring (bicyclic) bond motifs is 1. The summed E-state index contributed by atoms with van der Waals surface area (Å²) in [4.78, 5) is 24.8. The van der Waals surface area contributed by atoms with E-state index >= 15 is 0 Å². The number of anilines is 1. The van der Waals surface area contributed by atoms with Gasteiger partial charge in [-0.3, -0.25) is 9.59 Å². The average Bonchev–Trinajstić information content (AvgIpc) is 2.97. The second-order valence-electron chi connectivity index (χ2n) is 9.52. The van der Waals surface area contributed by atoms with Gasteiger partial charge in [0.1, 0.15) is 0 Å². The van der Waals surface area contributed by atoms with Crippen LogP contribution in [0.4, 0.5) is 5.69 Å². The molecule has 1 aromatic carbocycles. The predicted octanol–water partition coefficient (Wildman–Crippen LogP) is 4.78.